The molecule has 0 saturated carbocycles. The number of carbonyl (C=O) groups excluding carboxylic acids is 2. The van der Waals surface area contributed by atoms with Gasteiger partial charge in [0.15, 0.2) is 0 Å². The molecule has 5 aromatic rings. The SMILES string of the molecule is COc1ccc(Cl)cc1C(=O)Oc1ccccc1C=NNC(=O)c1[nH]c2c(OC)ccc(Br)c2c1-c1ccccc1Cl. The van der Waals surface area contributed by atoms with E-state index < -0.39 is 11.9 Å². The Labute approximate surface area is 259 Å². The highest BCUT2D eigenvalue weighted by Crippen LogP contribution is 2.43. The molecule has 0 bridgehead atoms. The lowest BCUT2D eigenvalue weighted by Crippen LogP contribution is -2.19. The highest BCUT2D eigenvalue weighted by atomic mass is 79.9. The number of aromatic nitrogens is 1. The second-order valence-electron chi connectivity index (χ2n) is 8.83. The van der Waals surface area contributed by atoms with Crippen LogP contribution in [0.5, 0.6) is 17.2 Å². The fourth-order valence-corrected chi connectivity index (χ4v) is 5.33. The molecule has 5 rings (SSSR count). The van der Waals surface area contributed by atoms with Crippen LogP contribution in [0.25, 0.3) is 22.0 Å². The third-order valence-corrected chi connectivity index (χ3v) is 7.55. The van der Waals surface area contributed by atoms with E-state index in [-0.39, 0.29) is 17.0 Å². The number of nitrogens with zero attached hydrogens (tertiary/aromatic N) is 1. The van der Waals surface area contributed by atoms with E-state index in [0.717, 1.165) is 9.86 Å². The Hall–Kier alpha value is -4.31. The van der Waals surface area contributed by atoms with E-state index in [2.05, 4.69) is 31.4 Å². The smallest absolute Gasteiger partial charge is 0.347 e. The van der Waals surface area contributed by atoms with Crippen molar-refractivity contribution >= 4 is 68.1 Å². The Balaban J connectivity index is 1.45. The number of esters is 1. The van der Waals surface area contributed by atoms with E-state index in [1.54, 1.807) is 55.6 Å². The zero-order valence-electron chi connectivity index (χ0n) is 22.2. The molecule has 0 aliphatic carbocycles. The first-order valence-corrected chi connectivity index (χ1v) is 14.0. The van der Waals surface area contributed by atoms with Gasteiger partial charge in [0.1, 0.15) is 28.5 Å². The zero-order valence-corrected chi connectivity index (χ0v) is 25.3. The Morgan fingerprint density at radius 2 is 1.62 bits per heavy atom. The van der Waals surface area contributed by atoms with Crippen LogP contribution in [-0.2, 0) is 0 Å². The number of benzene rings is 4. The largest absolute Gasteiger partial charge is 0.496 e. The molecule has 212 valence electrons. The van der Waals surface area contributed by atoms with Crippen molar-refractivity contribution in [3.63, 3.8) is 0 Å². The Kier molecular flexibility index (Phi) is 8.82. The van der Waals surface area contributed by atoms with Gasteiger partial charge in [-0.25, -0.2) is 10.2 Å². The van der Waals surface area contributed by atoms with Gasteiger partial charge < -0.3 is 19.2 Å². The molecule has 1 aromatic heterocycles. The van der Waals surface area contributed by atoms with E-state index in [1.807, 2.05) is 24.3 Å². The maximum absolute atomic E-state index is 13.5. The summed E-state index contributed by atoms with van der Waals surface area (Å²) in [6.07, 6.45) is 1.38. The van der Waals surface area contributed by atoms with Crippen LogP contribution in [0.3, 0.4) is 0 Å². The minimum absolute atomic E-state index is 0.164. The van der Waals surface area contributed by atoms with Crippen molar-refractivity contribution in [1.82, 2.24) is 10.4 Å². The normalized spacial score (nSPS) is 11.1. The average Bonchev–Trinajstić information content (AvgIpc) is 3.40. The second kappa shape index (κ2) is 12.7. The first kappa shape index (κ1) is 29.2. The lowest BCUT2D eigenvalue weighted by molar-refractivity contribution is 0.0730. The summed E-state index contributed by atoms with van der Waals surface area (Å²) in [5, 5.41) is 5.70. The van der Waals surface area contributed by atoms with E-state index in [9.17, 15) is 9.59 Å². The first-order chi connectivity index (χ1) is 20.3. The highest BCUT2D eigenvalue weighted by Gasteiger charge is 2.24. The molecule has 0 fully saturated rings. The molecule has 11 heteroatoms. The lowest BCUT2D eigenvalue weighted by Gasteiger charge is -2.10. The number of fused-ring (bicyclic) bond motifs is 1. The number of hydrogen-bond donors (Lipinski definition) is 2. The van der Waals surface area contributed by atoms with Crippen molar-refractivity contribution in [1.29, 1.82) is 0 Å². The molecule has 0 spiro atoms. The number of amides is 1. The van der Waals surface area contributed by atoms with Gasteiger partial charge in [0.05, 0.1) is 26.0 Å². The molecule has 0 aliphatic rings. The number of hydrazone groups is 1. The molecule has 0 atom stereocenters. The van der Waals surface area contributed by atoms with Crippen molar-refractivity contribution < 1.29 is 23.8 Å². The minimum Gasteiger partial charge on any atom is -0.496 e. The summed E-state index contributed by atoms with van der Waals surface area (Å²) in [6, 6.07) is 22.3. The molecule has 2 N–H and O–H groups in total. The van der Waals surface area contributed by atoms with Gasteiger partial charge >= 0.3 is 5.97 Å². The van der Waals surface area contributed by atoms with Crippen LogP contribution in [0.4, 0.5) is 0 Å². The first-order valence-electron chi connectivity index (χ1n) is 12.4. The molecule has 0 radical (unpaired) electrons. The summed E-state index contributed by atoms with van der Waals surface area (Å²) in [5.41, 5.74) is 5.25. The highest BCUT2D eigenvalue weighted by molar-refractivity contribution is 9.10. The molecule has 0 saturated heterocycles. The summed E-state index contributed by atoms with van der Waals surface area (Å²) >= 11 is 16.2. The summed E-state index contributed by atoms with van der Waals surface area (Å²) in [5.74, 6) is -0.0980. The predicted octanol–water partition coefficient (Wildman–Crippen LogP) is 7.90. The number of methoxy groups -OCH3 is 2. The van der Waals surface area contributed by atoms with E-state index in [1.165, 1.54) is 19.4 Å². The van der Waals surface area contributed by atoms with Crippen molar-refractivity contribution in [3.05, 3.63) is 110 Å². The van der Waals surface area contributed by atoms with Crippen LogP contribution in [0.2, 0.25) is 10.0 Å². The van der Waals surface area contributed by atoms with Crippen molar-refractivity contribution in [3.8, 4) is 28.4 Å². The van der Waals surface area contributed by atoms with Crippen LogP contribution in [-0.4, -0.2) is 37.3 Å². The van der Waals surface area contributed by atoms with Crippen LogP contribution >= 0.6 is 39.1 Å². The number of carbonyl (C=O) groups is 2. The summed E-state index contributed by atoms with van der Waals surface area (Å²) in [4.78, 5) is 29.6. The quantitative estimate of drug-likeness (QED) is 0.0759. The molecule has 8 nitrogen and oxygen atoms in total. The molecule has 1 amide bonds. The fourth-order valence-electron chi connectivity index (χ4n) is 4.40. The third kappa shape index (κ3) is 5.85. The van der Waals surface area contributed by atoms with E-state index >= 15 is 0 Å². The van der Waals surface area contributed by atoms with Gasteiger partial charge in [0.25, 0.3) is 5.91 Å². The number of ether oxygens (including phenoxy) is 3. The van der Waals surface area contributed by atoms with Gasteiger partial charge in [0, 0.05) is 36.6 Å². The monoisotopic (exact) mass is 665 g/mol. The Morgan fingerprint density at radius 3 is 2.38 bits per heavy atom. The molecular weight excluding hydrogens is 645 g/mol. The van der Waals surface area contributed by atoms with E-state index in [4.69, 9.17) is 37.4 Å². The molecule has 0 aliphatic heterocycles. The third-order valence-electron chi connectivity index (χ3n) is 6.33. The number of aromatic amines is 1. The van der Waals surface area contributed by atoms with E-state index in [0.29, 0.717) is 43.8 Å². The Bertz CT molecular complexity index is 1850. The van der Waals surface area contributed by atoms with Crippen LogP contribution in [0.1, 0.15) is 26.4 Å². The number of para-hydroxylation sites is 1. The topological polar surface area (TPSA) is 102 Å². The standard InChI is InChI=1S/C31H22BrCl2N3O5/c1-40-24-13-11-18(33)15-20(24)31(39)42-23-10-6-3-7-17(23)16-35-37-30(38)29-26(19-8-4-5-9-22(19)34)27-21(32)12-14-25(41-2)28(27)36-29/h3-16,36H,1-2H3,(H,37,38). The molecule has 1 heterocycles. The second-order valence-corrected chi connectivity index (χ2v) is 10.5. The maximum Gasteiger partial charge on any atom is 0.347 e. The summed E-state index contributed by atoms with van der Waals surface area (Å²) in [6.45, 7) is 0. The zero-order chi connectivity index (χ0) is 29.8. The Morgan fingerprint density at radius 1 is 0.905 bits per heavy atom. The van der Waals surface area contributed by atoms with Crippen LogP contribution < -0.4 is 19.6 Å². The summed E-state index contributed by atoms with van der Waals surface area (Å²) < 4.78 is 17.2. The number of rotatable bonds is 8. The number of H-pyrrole nitrogens is 1. The number of nitrogens with one attached hydrogen (secondary N) is 2. The van der Waals surface area contributed by atoms with Gasteiger partial charge in [-0.1, -0.05) is 69.5 Å². The molecular formula is C31H22BrCl2N3O5. The maximum atomic E-state index is 13.5. The van der Waals surface area contributed by atoms with Gasteiger partial charge in [-0.05, 0) is 48.5 Å². The molecule has 0 unspecified atom stereocenters. The lowest BCUT2D eigenvalue weighted by atomic mass is 10.0. The van der Waals surface area contributed by atoms with Gasteiger partial charge in [0.2, 0.25) is 0 Å². The van der Waals surface area contributed by atoms with Crippen molar-refractivity contribution in [2.45, 2.75) is 0 Å². The van der Waals surface area contributed by atoms with Crippen molar-refractivity contribution in [2.24, 2.45) is 5.10 Å². The predicted molar refractivity (Wildman–Crippen MR) is 167 cm³/mol. The van der Waals surface area contributed by atoms with Gasteiger partial charge in [-0.2, -0.15) is 5.10 Å². The fraction of sp³-hybridized carbons (Fsp3) is 0.0645. The minimum atomic E-state index is -0.666. The van der Waals surface area contributed by atoms with Gasteiger partial charge in [-0.3, -0.25) is 4.79 Å². The summed E-state index contributed by atoms with van der Waals surface area (Å²) in [7, 11) is 3.00. The number of halogens is 3. The van der Waals surface area contributed by atoms with Gasteiger partial charge in [-0.15, -0.1) is 0 Å². The number of hydrogen-bond acceptors (Lipinski definition) is 6. The van der Waals surface area contributed by atoms with Crippen LogP contribution in [0.15, 0.2) is 88.4 Å². The van der Waals surface area contributed by atoms with Crippen molar-refractivity contribution in [2.75, 3.05) is 14.2 Å². The molecule has 4 aromatic carbocycles. The average molecular weight is 667 g/mol. The molecule has 42 heavy (non-hydrogen) atoms. The van der Waals surface area contributed by atoms with Crippen LogP contribution in [0, 0.1) is 0 Å².